The molecule has 0 aliphatic rings. The molecule has 108 valence electrons. The number of rotatable bonds is 10. The van der Waals surface area contributed by atoms with Crippen molar-refractivity contribution in [1.29, 1.82) is 0 Å². The molecular weight excluding hydrogens is 240 g/mol. The minimum Gasteiger partial charge on any atom is -0.481 e. The molecule has 19 heavy (non-hydrogen) atoms. The quantitative estimate of drug-likeness (QED) is 0.652. The SMILES string of the molecule is CCCC(CCCCCCC(=O)O)n1ccnc1C. The molecule has 0 radical (unpaired) electrons. The smallest absolute Gasteiger partial charge is 0.303 e. The van der Waals surface area contributed by atoms with Gasteiger partial charge in [-0.2, -0.15) is 0 Å². The van der Waals surface area contributed by atoms with E-state index in [-0.39, 0.29) is 0 Å². The molecule has 1 aromatic heterocycles. The molecule has 4 heteroatoms. The van der Waals surface area contributed by atoms with Crippen LogP contribution in [0.25, 0.3) is 0 Å². The Balaban J connectivity index is 2.27. The second-order valence-corrected chi connectivity index (χ2v) is 5.17. The number of aliphatic carboxylic acids is 1. The molecule has 0 saturated heterocycles. The first-order valence-corrected chi connectivity index (χ1v) is 7.36. The van der Waals surface area contributed by atoms with E-state index in [0.29, 0.717) is 12.5 Å². The molecule has 0 saturated carbocycles. The number of imidazole rings is 1. The fraction of sp³-hybridized carbons (Fsp3) is 0.733. The Morgan fingerprint density at radius 2 is 2.05 bits per heavy atom. The summed E-state index contributed by atoms with van der Waals surface area (Å²) in [7, 11) is 0. The number of hydrogen-bond acceptors (Lipinski definition) is 2. The number of aromatic nitrogens is 2. The monoisotopic (exact) mass is 266 g/mol. The fourth-order valence-corrected chi connectivity index (χ4v) is 2.54. The number of carboxylic acids is 1. The standard InChI is InChI=1S/C15H26N2O2/c1-3-8-14(17-12-11-16-13(17)2)9-6-4-5-7-10-15(18)19/h11-12,14H,3-10H2,1-2H3,(H,18,19). The van der Waals surface area contributed by atoms with E-state index in [1.165, 1.54) is 19.3 Å². The first-order valence-electron chi connectivity index (χ1n) is 7.36. The lowest BCUT2D eigenvalue weighted by molar-refractivity contribution is -0.137. The lowest BCUT2D eigenvalue weighted by Gasteiger charge is -2.19. The second kappa shape index (κ2) is 8.73. The number of carbonyl (C=O) groups is 1. The van der Waals surface area contributed by atoms with Gasteiger partial charge in [-0.05, 0) is 26.2 Å². The van der Waals surface area contributed by atoms with E-state index in [2.05, 4.69) is 29.6 Å². The lowest BCUT2D eigenvalue weighted by atomic mass is 10.0. The highest BCUT2D eigenvalue weighted by Gasteiger charge is 2.11. The van der Waals surface area contributed by atoms with Crippen LogP contribution in [0.2, 0.25) is 0 Å². The molecule has 0 amide bonds. The van der Waals surface area contributed by atoms with Gasteiger partial charge in [-0.25, -0.2) is 4.98 Å². The van der Waals surface area contributed by atoms with Gasteiger partial charge in [-0.15, -0.1) is 0 Å². The van der Waals surface area contributed by atoms with E-state index in [1.54, 1.807) is 0 Å². The van der Waals surface area contributed by atoms with Crippen molar-refractivity contribution in [3.8, 4) is 0 Å². The van der Waals surface area contributed by atoms with Crippen LogP contribution in [0, 0.1) is 6.92 Å². The van der Waals surface area contributed by atoms with Crippen LogP contribution in [-0.2, 0) is 4.79 Å². The Morgan fingerprint density at radius 3 is 2.63 bits per heavy atom. The third kappa shape index (κ3) is 5.90. The number of nitrogens with zero attached hydrogens (tertiary/aromatic N) is 2. The summed E-state index contributed by atoms with van der Waals surface area (Å²) in [6, 6.07) is 0.548. The van der Waals surface area contributed by atoms with Gasteiger partial charge in [0, 0.05) is 24.9 Å². The van der Waals surface area contributed by atoms with Gasteiger partial charge in [0.15, 0.2) is 0 Å². The van der Waals surface area contributed by atoms with E-state index < -0.39 is 5.97 Å². The van der Waals surface area contributed by atoms with Crippen molar-refractivity contribution in [2.45, 2.75) is 71.3 Å². The van der Waals surface area contributed by atoms with Gasteiger partial charge in [0.2, 0.25) is 0 Å². The van der Waals surface area contributed by atoms with Crippen LogP contribution >= 0.6 is 0 Å². The molecule has 1 unspecified atom stereocenters. The van der Waals surface area contributed by atoms with Gasteiger partial charge in [-0.1, -0.05) is 32.6 Å². The van der Waals surface area contributed by atoms with Crippen molar-refractivity contribution >= 4 is 5.97 Å². The minimum atomic E-state index is -0.683. The average molecular weight is 266 g/mol. The Morgan fingerprint density at radius 1 is 1.32 bits per heavy atom. The maximum absolute atomic E-state index is 10.4. The molecule has 1 rings (SSSR count). The summed E-state index contributed by atoms with van der Waals surface area (Å²) in [4.78, 5) is 14.7. The molecule has 0 spiro atoms. The first kappa shape index (κ1) is 15.7. The van der Waals surface area contributed by atoms with Crippen molar-refractivity contribution in [2.24, 2.45) is 0 Å². The van der Waals surface area contributed by atoms with Gasteiger partial charge in [0.1, 0.15) is 5.82 Å². The first-order chi connectivity index (χ1) is 9.15. The second-order valence-electron chi connectivity index (χ2n) is 5.17. The molecule has 1 aromatic rings. The predicted molar refractivity (Wildman–Crippen MR) is 76.2 cm³/mol. The van der Waals surface area contributed by atoms with Gasteiger partial charge in [0.05, 0.1) is 0 Å². The normalized spacial score (nSPS) is 12.5. The Labute approximate surface area is 115 Å². The molecule has 0 fully saturated rings. The Bertz CT molecular complexity index is 374. The summed E-state index contributed by atoms with van der Waals surface area (Å²) in [5.74, 6) is 0.405. The van der Waals surface area contributed by atoms with Crippen LogP contribution in [0.15, 0.2) is 12.4 Å². The molecule has 0 aliphatic heterocycles. The maximum atomic E-state index is 10.4. The maximum Gasteiger partial charge on any atom is 0.303 e. The number of aryl methyl sites for hydroxylation is 1. The van der Waals surface area contributed by atoms with Crippen molar-refractivity contribution in [3.63, 3.8) is 0 Å². The largest absolute Gasteiger partial charge is 0.481 e. The molecule has 0 aliphatic carbocycles. The van der Waals surface area contributed by atoms with E-state index in [9.17, 15) is 4.79 Å². The third-order valence-electron chi connectivity index (χ3n) is 3.56. The predicted octanol–water partition coefficient (Wildman–Crippen LogP) is 3.96. The topological polar surface area (TPSA) is 55.1 Å². The zero-order valence-corrected chi connectivity index (χ0v) is 12.1. The molecule has 4 nitrogen and oxygen atoms in total. The Hall–Kier alpha value is -1.32. The van der Waals surface area contributed by atoms with Gasteiger partial charge >= 0.3 is 5.97 Å². The third-order valence-corrected chi connectivity index (χ3v) is 3.56. The summed E-state index contributed by atoms with van der Waals surface area (Å²) in [5, 5.41) is 8.57. The van der Waals surface area contributed by atoms with Gasteiger partial charge in [-0.3, -0.25) is 4.79 Å². The fourth-order valence-electron chi connectivity index (χ4n) is 2.54. The lowest BCUT2D eigenvalue weighted by Crippen LogP contribution is -2.10. The summed E-state index contributed by atoms with van der Waals surface area (Å²) in [5.41, 5.74) is 0. The molecule has 0 bridgehead atoms. The highest BCUT2D eigenvalue weighted by Crippen LogP contribution is 2.22. The van der Waals surface area contributed by atoms with Crippen LogP contribution in [0.5, 0.6) is 0 Å². The van der Waals surface area contributed by atoms with Crippen molar-refractivity contribution in [3.05, 3.63) is 18.2 Å². The highest BCUT2D eigenvalue weighted by molar-refractivity contribution is 5.66. The van der Waals surface area contributed by atoms with Crippen LogP contribution < -0.4 is 0 Å². The van der Waals surface area contributed by atoms with E-state index in [1.807, 2.05) is 6.20 Å². The summed E-state index contributed by atoms with van der Waals surface area (Å²) < 4.78 is 2.28. The molecule has 0 aromatic carbocycles. The molecule has 1 atom stereocenters. The van der Waals surface area contributed by atoms with Crippen LogP contribution in [0.3, 0.4) is 0 Å². The van der Waals surface area contributed by atoms with E-state index >= 15 is 0 Å². The molecule has 1 N–H and O–H groups in total. The summed E-state index contributed by atoms with van der Waals surface area (Å²) in [6.45, 7) is 4.27. The van der Waals surface area contributed by atoms with Gasteiger partial charge < -0.3 is 9.67 Å². The van der Waals surface area contributed by atoms with Crippen molar-refractivity contribution < 1.29 is 9.90 Å². The van der Waals surface area contributed by atoms with E-state index in [4.69, 9.17) is 5.11 Å². The number of unbranched alkanes of at least 4 members (excludes halogenated alkanes) is 3. The van der Waals surface area contributed by atoms with Crippen LogP contribution in [-0.4, -0.2) is 20.6 Å². The summed E-state index contributed by atoms with van der Waals surface area (Å²) in [6.07, 6.45) is 11.9. The zero-order chi connectivity index (χ0) is 14.1. The number of hydrogen-bond donors (Lipinski definition) is 1. The zero-order valence-electron chi connectivity index (χ0n) is 12.1. The summed E-state index contributed by atoms with van der Waals surface area (Å²) >= 11 is 0. The van der Waals surface area contributed by atoms with Crippen molar-refractivity contribution in [1.82, 2.24) is 9.55 Å². The minimum absolute atomic E-state index is 0.305. The van der Waals surface area contributed by atoms with Crippen molar-refractivity contribution in [2.75, 3.05) is 0 Å². The Kier molecular flexibility index (Phi) is 7.23. The van der Waals surface area contributed by atoms with E-state index in [0.717, 1.165) is 31.5 Å². The number of carboxylic acid groups (broad SMARTS) is 1. The molecular formula is C15H26N2O2. The van der Waals surface area contributed by atoms with Crippen LogP contribution in [0.1, 0.15) is 70.2 Å². The van der Waals surface area contributed by atoms with Crippen LogP contribution in [0.4, 0.5) is 0 Å². The molecule has 1 heterocycles. The van der Waals surface area contributed by atoms with Gasteiger partial charge in [0.25, 0.3) is 0 Å². The highest BCUT2D eigenvalue weighted by atomic mass is 16.4. The average Bonchev–Trinajstić information content (AvgIpc) is 2.78.